The first-order valence-corrected chi connectivity index (χ1v) is 7.33. The summed E-state index contributed by atoms with van der Waals surface area (Å²) in [5.41, 5.74) is 7.46. The molecule has 1 fully saturated rings. The van der Waals surface area contributed by atoms with Gasteiger partial charge in [0.05, 0.1) is 18.3 Å². The minimum absolute atomic E-state index is 0.0864. The Balaban J connectivity index is 1.62. The maximum absolute atomic E-state index is 12.2. The summed E-state index contributed by atoms with van der Waals surface area (Å²) < 4.78 is 1.78. The van der Waals surface area contributed by atoms with Gasteiger partial charge in [-0.1, -0.05) is 30.3 Å². The van der Waals surface area contributed by atoms with Crippen molar-refractivity contribution in [3.63, 3.8) is 0 Å². The number of aromatic nitrogens is 2. The SMILES string of the molecule is NCC(NC(=O)c1cnn(Cc2ccccc2)c1)C1CC1. The maximum Gasteiger partial charge on any atom is 0.254 e. The van der Waals surface area contributed by atoms with E-state index in [1.54, 1.807) is 17.1 Å². The molecule has 0 saturated heterocycles. The van der Waals surface area contributed by atoms with Crippen LogP contribution in [-0.2, 0) is 6.54 Å². The van der Waals surface area contributed by atoms with Crippen molar-refractivity contribution >= 4 is 5.91 Å². The van der Waals surface area contributed by atoms with E-state index in [0.29, 0.717) is 24.6 Å². The predicted octanol–water partition coefficient (Wildman–Crippen LogP) is 1.40. The number of carbonyl (C=O) groups excluding carboxylic acids is 1. The molecule has 1 aliphatic carbocycles. The summed E-state index contributed by atoms with van der Waals surface area (Å²) in [6, 6.07) is 10.1. The minimum atomic E-state index is -0.0864. The highest BCUT2D eigenvalue weighted by molar-refractivity contribution is 5.93. The lowest BCUT2D eigenvalue weighted by Crippen LogP contribution is -2.41. The highest BCUT2D eigenvalue weighted by atomic mass is 16.1. The summed E-state index contributed by atoms with van der Waals surface area (Å²) >= 11 is 0. The molecule has 0 bridgehead atoms. The van der Waals surface area contributed by atoms with Crippen LogP contribution in [0.25, 0.3) is 0 Å². The summed E-state index contributed by atoms with van der Waals surface area (Å²) in [5, 5.41) is 7.26. The zero-order valence-corrected chi connectivity index (χ0v) is 11.9. The Morgan fingerprint density at radius 1 is 1.38 bits per heavy atom. The number of nitrogens with one attached hydrogen (secondary N) is 1. The van der Waals surface area contributed by atoms with Crippen LogP contribution in [0.3, 0.4) is 0 Å². The molecular weight excluding hydrogens is 264 g/mol. The van der Waals surface area contributed by atoms with Gasteiger partial charge in [-0.2, -0.15) is 5.10 Å². The minimum Gasteiger partial charge on any atom is -0.348 e. The molecule has 1 aromatic carbocycles. The Labute approximate surface area is 124 Å². The lowest BCUT2D eigenvalue weighted by molar-refractivity contribution is 0.0933. The average Bonchev–Trinajstić information content (AvgIpc) is 3.25. The largest absolute Gasteiger partial charge is 0.348 e. The molecule has 1 atom stereocenters. The second-order valence-corrected chi connectivity index (χ2v) is 5.57. The Kier molecular flexibility index (Phi) is 4.01. The quantitative estimate of drug-likeness (QED) is 0.842. The molecule has 0 spiro atoms. The van der Waals surface area contributed by atoms with E-state index in [1.165, 1.54) is 0 Å². The van der Waals surface area contributed by atoms with Crippen molar-refractivity contribution in [2.45, 2.75) is 25.4 Å². The van der Waals surface area contributed by atoms with Gasteiger partial charge in [-0.25, -0.2) is 0 Å². The van der Waals surface area contributed by atoms with E-state index < -0.39 is 0 Å². The van der Waals surface area contributed by atoms with Crippen LogP contribution in [0.5, 0.6) is 0 Å². The third-order valence-electron chi connectivity index (χ3n) is 3.84. The molecule has 5 nitrogen and oxygen atoms in total. The Morgan fingerprint density at radius 3 is 2.81 bits per heavy atom. The molecule has 0 aliphatic heterocycles. The number of carbonyl (C=O) groups is 1. The number of hydrogen-bond donors (Lipinski definition) is 2. The summed E-state index contributed by atoms with van der Waals surface area (Å²) in [6.45, 7) is 1.16. The summed E-state index contributed by atoms with van der Waals surface area (Å²) in [4.78, 5) is 12.2. The smallest absolute Gasteiger partial charge is 0.254 e. The van der Waals surface area contributed by atoms with E-state index >= 15 is 0 Å². The van der Waals surface area contributed by atoms with Gasteiger partial charge in [0.2, 0.25) is 0 Å². The zero-order chi connectivity index (χ0) is 14.7. The molecule has 1 saturated carbocycles. The highest BCUT2D eigenvalue weighted by Gasteiger charge is 2.31. The van der Waals surface area contributed by atoms with Crippen molar-refractivity contribution in [1.29, 1.82) is 0 Å². The zero-order valence-electron chi connectivity index (χ0n) is 11.9. The Hall–Kier alpha value is -2.14. The first-order chi connectivity index (χ1) is 10.3. The van der Waals surface area contributed by atoms with Crippen molar-refractivity contribution in [1.82, 2.24) is 15.1 Å². The topological polar surface area (TPSA) is 72.9 Å². The third kappa shape index (κ3) is 3.49. The van der Waals surface area contributed by atoms with Gasteiger partial charge in [-0.3, -0.25) is 9.48 Å². The first kappa shape index (κ1) is 13.8. The Bertz CT molecular complexity index is 604. The van der Waals surface area contributed by atoms with Crippen LogP contribution in [0.1, 0.15) is 28.8 Å². The summed E-state index contributed by atoms with van der Waals surface area (Å²) in [6.07, 6.45) is 5.71. The average molecular weight is 284 g/mol. The van der Waals surface area contributed by atoms with Crippen LogP contribution in [-0.4, -0.2) is 28.3 Å². The molecule has 110 valence electrons. The van der Waals surface area contributed by atoms with Crippen LogP contribution in [0, 0.1) is 5.92 Å². The van der Waals surface area contributed by atoms with Gasteiger partial charge in [0.1, 0.15) is 0 Å². The predicted molar refractivity (Wildman–Crippen MR) is 80.8 cm³/mol. The van der Waals surface area contributed by atoms with Crippen LogP contribution in [0.4, 0.5) is 0 Å². The van der Waals surface area contributed by atoms with Crippen molar-refractivity contribution < 1.29 is 4.79 Å². The molecule has 1 aliphatic rings. The van der Waals surface area contributed by atoms with E-state index in [9.17, 15) is 4.79 Å². The molecule has 21 heavy (non-hydrogen) atoms. The molecule has 3 N–H and O–H groups in total. The molecule has 0 radical (unpaired) electrons. The van der Waals surface area contributed by atoms with E-state index in [2.05, 4.69) is 10.4 Å². The number of amides is 1. The van der Waals surface area contributed by atoms with Gasteiger partial charge in [0.25, 0.3) is 5.91 Å². The fourth-order valence-electron chi connectivity index (χ4n) is 2.46. The third-order valence-corrected chi connectivity index (χ3v) is 3.84. The molecule has 1 heterocycles. The van der Waals surface area contributed by atoms with Gasteiger partial charge in [0, 0.05) is 18.8 Å². The lowest BCUT2D eigenvalue weighted by atomic mass is 10.2. The number of benzene rings is 1. The molecule has 1 unspecified atom stereocenters. The van der Waals surface area contributed by atoms with Crippen molar-refractivity contribution in [3.8, 4) is 0 Å². The van der Waals surface area contributed by atoms with E-state index in [0.717, 1.165) is 18.4 Å². The second kappa shape index (κ2) is 6.10. The lowest BCUT2D eigenvalue weighted by Gasteiger charge is -2.15. The van der Waals surface area contributed by atoms with Crippen LogP contribution >= 0.6 is 0 Å². The number of hydrogen-bond acceptors (Lipinski definition) is 3. The van der Waals surface area contributed by atoms with E-state index in [-0.39, 0.29) is 11.9 Å². The number of nitrogens with two attached hydrogens (primary N) is 1. The van der Waals surface area contributed by atoms with Crippen molar-refractivity contribution in [2.75, 3.05) is 6.54 Å². The summed E-state index contributed by atoms with van der Waals surface area (Å²) in [7, 11) is 0. The molecule has 2 aromatic rings. The maximum atomic E-state index is 12.2. The summed E-state index contributed by atoms with van der Waals surface area (Å²) in [5.74, 6) is 0.468. The monoisotopic (exact) mass is 284 g/mol. The molecule has 1 amide bonds. The van der Waals surface area contributed by atoms with Gasteiger partial charge < -0.3 is 11.1 Å². The second-order valence-electron chi connectivity index (χ2n) is 5.57. The van der Waals surface area contributed by atoms with E-state index in [4.69, 9.17) is 5.73 Å². The fraction of sp³-hybridized carbons (Fsp3) is 0.375. The van der Waals surface area contributed by atoms with Crippen LogP contribution in [0.2, 0.25) is 0 Å². The normalized spacial score (nSPS) is 15.7. The number of rotatable bonds is 6. The van der Waals surface area contributed by atoms with Crippen molar-refractivity contribution in [3.05, 3.63) is 53.9 Å². The highest BCUT2D eigenvalue weighted by Crippen LogP contribution is 2.32. The van der Waals surface area contributed by atoms with Crippen LogP contribution < -0.4 is 11.1 Å². The fourth-order valence-corrected chi connectivity index (χ4v) is 2.46. The van der Waals surface area contributed by atoms with E-state index in [1.807, 2.05) is 30.3 Å². The Morgan fingerprint density at radius 2 is 2.14 bits per heavy atom. The standard InChI is InChI=1S/C16H20N4O/c17-8-15(13-6-7-13)19-16(21)14-9-18-20(11-14)10-12-4-2-1-3-5-12/h1-5,9,11,13,15H,6-8,10,17H2,(H,19,21). The molecular formula is C16H20N4O. The van der Waals surface area contributed by atoms with Crippen LogP contribution in [0.15, 0.2) is 42.7 Å². The van der Waals surface area contributed by atoms with Gasteiger partial charge >= 0.3 is 0 Å². The van der Waals surface area contributed by atoms with Gasteiger partial charge in [-0.15, -0.1) is 0 Å². The number of nitrogens with zero attached hydrogens (tertiary/aromatic N) is 2. The molecule has 1 aromatic heterocycles. The van der Waals surface area contributed by atoms with Crippen molar-refractivity contribution in [2.24, 2.45) is 11.7 Å². The van der Waals surface area contributed by atoms with Gasteiger partial charge in [0.15, 0.2) is 0 Å². The first-order valence-electron chi connectivity index (χ1n) is 7.33. The molecule has 5 heteroatoms. The molecule has 3 rings (SSSR count). The van der Waals surface area contributed by atoms with Gasteiger partial charge in [-0.05, 0) is 24.3 Å².